The SMILES string of the molecule is O=c1n(CC2CCCCC2)ccn1C1CC1. The van der Waals surface area contributed by atoms with Gasteiger partial charge in [0.25, 0.3) is 0 Å². The maximum Gasteiger partial charge on any atom is 0.328 e. The van der Waals surface area contributed by atoms with Crippen molar-refractivity contribution in [1.82, 2.24) is 9.13 Å². The molecule has 0 atom stereocenters. The quantitative estimate of drug-likeness (QED) is 0.769. The van der Waals surface area contributed by atoms with Crippen molar-refractivity contribution in [3.63, 3.8) is 0 Å². The molecule has 0 bridgehead atoms. The van der Waals surface area contributed by atoms with Crippen LogP contribution in [0.5, 0.6) is 0 Å². The molecule has 0 N–H and O–H groups in total. The molecule has 2 saturated carbocycles. The van der Waals surface area contributed by atoms with Crippen LogP contribution >= 0.6 is 0 Å². The zero-order chi connectivity index (χ0) is 11.0. The average molecular weight is 220 g/mol. The maximum absolute atomic E-state index is 12.1. The average Bonchev–Trinajstić information content (AvgIpc) is 3.08. The van der Waals surface area contributed by atoms with E-state index < -0.39 is 0 Å². The van der Waals surface area contributed by atoms with Gasteiger partial charge in [0, 0.05) is 25.0 Å². The summed E-state index contributed by atoms with van der Waals surface area (Å²) in [6.45, 7) is 0.943. The van der Waals surface area contributed by atoms with Crippen molar-refractivity contribution in [1.29, 1.82) is 0 Å². The van der Waals surface area contributed by atoms with Crippen LogP contribution < -0.4 is 5.69 Å². The zero-order valence-corrected chi connectivity index (χ0v) is 9.77. The van der Waals surface area contributed by atoms with Gasteiger partial charge < -0.3 is 0 Å². The first-order valence-corrected chi connectivity index (χ1v) is 6.62. The summed E-state index contributed by atoms with van der Waals surface area (Å²) in [5.41, 5.74) is 0.216. The lowest BCUT2D eigenvalue weighted by molar-refractivity contribution is 0.315. The fourth-order valence-corrected chi connectivity index (χ4v) is 2.85. The van der Waals surface area contributed by atoms with Crippen LogP contribution in [0.1, 0.15) is 51.0 Å². The molecule has 2 aliphatic rings. The lowest BCUT2D eigenvalue weighted by Gasteiger charge is -2.21. The monoisotopic (exact) mass is 220 g/mol. The van der Waals surface area contributed by atoms with Gasteiger partial charge >= 0.3 is 5.69 Å². The second kappa shape index (κ2) is 4.11. The van der Waals surface area contributed by atoms with Crippen LogP contribution in [0.2, 0.25) is 0 Å². The molecule has 88 valence electrons. The molecule has 2 aliphatic carbocycles. The van der Waals surface area contributed by atoms with Crippen LogP contribution in [-0.4, -0.2) is 9.13 Å². The molecule has 0 aromatic carbocycles. The minimum absolute atomic E-state index is 0.216. The van der Waals surface area contributed by atoms with Gasteiger partial charge in [-0.25, -0.2) is 4.79 Å². The van der Waals surface area contributed by atoms with Crippen molar-refractivity contribution < 1.29 is 0 Å². The Hall–Kier alpha value is -0.990. The van der Waals surface area contributed by atoms with Crippen molar-refractivity contribution >= 4 is 0 Å². The molecular weight excluding hydrogens is 200 g/mol. The largest absolute Gasteiger partial charge is 0.328 e. The number of nitrogens with zero attached hydrogens (tertiary/aromatic N) is 2. The third kappa shape index (κ3) is 1.95. The van der Waals surface area contributed by atoms with Crippen LogP contribution in [0.15, 0.2) is 17.2 Å². The molecule has 16 heavy (non-hydrogen) atoms. The van der Waals surface area contributed by atoms with Crippen molar-refractivity contribution in [3.05, 3.63) is 22.9 Å². The van der Waals surface area contributed by atoms with Crippen LogP contribution in [0.3, 0.4) is 0 Å². The highest BCUT2D eigenvalue weighted by atomic mass is 16.1. The lowest BCUT2D eigenvalue weighted by atomic mass is 9.89. The Morgan fingerprint density at radius 2 is 1.81 bits per heavy atom. The van der Waals surface area contributed by atoms with Gasteiger partial charge in [-0.3, -0.25) is 9.13 Å². The van der Waals surface area contributed by atoms with Crippen molar-refractivity contribution in [2.75, 3.05) is 0 Å². The molecule has 1 heterocycles. The highest BCUT2D eigenvalue weighted by Gasteiger charge is 2.26. The summed E-state index contributed by atoms with van der Waals surface area (Å²) < 4.78 is 3.84. The van der Waals surface area contributed by atoms with E-state index in [4.69, 9.17) is 0 Å². The highest BCUT2D eigenvalue weighted by Crippen LogP contribution is 2.33. The Labute approximate surface area is 96.1 Å². The molecule has 3 rings (SSSR count). The third-order valence-corrected chi connectivity index (χ3v) is 3.99. The molecule has 3 heteroatoms. The second-order valence-electron chi connectivity index (χ2n) is 5.38. The highest BCUT2D eigenvalue weighted by molar-refractivity contribution is 4.91. The summed E-state index contributed by atoms with van der Waals surface area (Å²) >= 11 is 0. The first-order valence-electron chi connectivity index (χ1n) is 6.62. The molecule has 3 nitrogen and oxygen atoms in total. The fraction of sp³-hybridized carbons (Fsp3) is 0.769. The van der Waals surface area contributed by atoms with Crippen LogP contribution in [-0.2, 0) is 6.54 Å². The van der Waals surface area contributed by atoms with Gasteiger partial charge in [0.05, 0.1) is 0 Å². The molecule has 0 aliphatic heterocycles. The van der Waals surface area contributed by atoms with Gasteiger partial charge in [-0.2, -0.15) is 0 Å². The van der Waals surface area contributed by atoms with Crippen molar-refractivity contribution in [3.8, 4) is 0 Å². The molecular formula is C13H20N2O. The predicted octanol–water partition coefficient (Wildman–Crippen LogP) is 2.57. The van der Waals surface area contributed by atoms with E-state index >= 15 is 0 Å². The second-order valence-corrected chi connectivity index (χ2v) is 5.38. The smallest absolute Gasteiger partial charge is 0.299 e. The Kier molecular flexibility index (Phi) is 2.62. The first kappa shape index (κ1) is 10.2. The fourth-order valence-electron chi connectivity index (χ4n) is 2.85. The van der Waals surface area contributed by atoms with E-state index in [1.165, 1.54) is 44.9 Å². The number of rotatable bonds is 3. The van der Waals surface area contributed by atoms with E-state index in [1.807, 2.05) is 21.5 Å². The Morgan fingerprint density at radius 3 is 2.50 bits per heavy atom. The van der Waals surface area contributed by atoms with Crippen molar-refractivity contribution in [2.45, 2.75) is 57.5 Å². The van der Waals surface area contributed by atoms with E-state index in [0.717, 1.165) is 12.5 Å². The molecule has 0 spiro atoms. The predicted molar refractivity (Wildman–Crippen MR) is 63.5 cm³/mol. The molecule has 0 saturated heterocycles. The minimum atomic E-state index is 0.216. The normalized spacial score (nSPS) is 22.5. The summed E-state index contributed by atoms with van der Waals surface area (Å²) in [4.78, 5) is 12.1. The molecule has 2 fully saturated rings. The summed E-state index contributed by atoms with van der Waals surface area (Å²) in [6, 6.07) is 0.514. The summed E-state index contributed by atoms with van der Waals surface area (Å²) in [6.07, 6.45) is 13.0. The van der Waals surface area contributed by atoms with Crippen LogP contribution in [0.4, 0.5) is 0 Å². The Bertz CT molecular complexity index is 408. The number of aromatic nitrogens is 2. The topological polar surface area (TPSA) is 26.9 Å². The summed E-state index contributed by atoms with van der Waals surface area (Å²) in [5.74, 6) is 0.738. The lowest BCUT2D eigenvalue weighted by Crippen LogP contribution is -2.26. The van der Waals surface area contributed by atoms with Gasteiger partial charge in [-0.05, 0) is 31.6 Å². The Morgan fingerprint density at radius 1 is 1.06 bits per heavy atom. The molecule has 0 radical (unpaired) electrons. The van der Waals surface area contributed by atoms with Gasteiger partial charge in [0.1, 0.15) is 0 Å². The molecule has 0 amide bonds. The zero-order valence-electron chi connectivity index (χ0n) is 9.77. The maximum atomic E-state index is 12.1. The summed E-state index contributed by atoms with van der Waals surface area (Å²) in [5, 5.41) is 0. The third-order valence-electron chi connectivity index (χ3n) is 3.99. The molecule has 0 unspecified atom stereocenters. The standard InChI is InChI=1S/C13H20N2O/c16-13-14(8-9-15(13)12-6-7-12)10-11-4-2-1-3-5-11/h8-9,11-12H,1-7,10H2. The van der Waals surface area contributed by atoms with Crippen LogP contribution in [0.25, 0.3) is 0 Å². The minimum Gasteiger partial charge on any atom is -0.299 e. The van der Waals surface area contributed by atoms with Crippen molar-refractivity contribution in [2.24, 2.45) is 5.92 Å². The first-order chi connectivity index (χ1) is 7.84. The van der Waals surface area contributed by atoms with E-state index in [1.54, 1.807) is 0 Å². The van der Waals surface area contributed by atoms with E-state index in [0.29, 0.717) is 6.04 Å². The number of imidazole rings is 1. The summed E-state index contributed by atoms with van der Waals surface area (Å²) in [7, 11) is 0. The van der Waals surface area contributed by atoms with Gasteiger partial charge in [0.2, 0.25) is 0 Å². The van der Waals surface area contributed by atoms with E-state index in [-0.39, 0.29) is 5.69 Å². The van der Waals surface area contributed by atoms with E-state index in [9.17, 15) is 4.79 Å². The Balaban J connectivity index is 1.71. The van der Waals surface area contributed by atoms with Gasteiger partial charge in [-0.15, -0.1) is 0 Å². The molecule has 1 aromatic heterocycles. The number of hydrogen-bond acceptors (Lipinski definition) is 1. The number of hydrogen-bond donors (Lipinski definition) is 0. The van der Waals surface area contributed by atoms with Crippen LogP contribution in [0, 0.1) is 5.92 Å². The van der Waals surface area contributed by atoms with E-state index in [2.05, 4.69) is 0 Å². The molecule has 1 aromatic rings. The van der Waals surface area contributed by atoms with Gasteiger partial charge in [0.15, 0.2) is 0 Å². The van der Waals surface area contributed by atoms with Gasteiger partial charge in [-0.1, -0.05) is 19.3 Å².